The Labute approximate surface area is 181 Å². The number of nitrogens with one attached hydrogen (secondary N) is 2. The van der Waals surface area contributed by atoms with E-state index in [0.29, 0.717) is 5.95 Å². The summed E-state index contributed by atoms with van der Waals surface area (Å²) in [5, 5.41) is 6.36. The van der Waals surface area contributed by atoms with E-state index >= 15 is 0 Å². The number of amides is 1. The normalized spacial score (nSPS) is 20.6. The zero-order valence-corrected chi connectivity index (χ0v) is 18.0. The molecule has 8 heteroatoms. The molecule has 0 spiro atoms. The monoisotopic (exact) mass is 429 g/mol. The molecule has 1 amide bonds. The third-order valence-corrected chi connectivity index (χ3v) is 6.16. The van der Waals surface area contributed by atoms with Crippen molar-refractivity contribution in [2.45, 2.75) is 63.5 Å². The van der Waals surface area contributed by atoms with Gasteiger partial charge in [-0.05, 0) is 63.5 Å². The first kappa shape index (κ1) is 21.5. The summed E-state index contributed by atoms with van der Waals surface area (Å²) in [4.78, 5) is 23.9. The maximum Gasteiger partial charge on any atom is 0.254 e. The molecule has 1 saturated carbocycles. The van der Waals surface area contributed by atoms with E-state index in [1.807, 2.05) is 14.1 Å². The van der Waals surface area contributed by atoms with Crippen LogP contribution < -0.4 is 15.5 Å². The molecule has 1 heterocycles. The number of hydrogen-bond acceptors (Lipinski definition) is 5. The van der Waals surface area contributed by atoms with Gasteiger partial charge in [-0.3, -0.25) is 4.79 Å². The molecule has 1 aromatic heterocycles. The van der Waals surface area contributed by atoms with E-state index in [-0.39, 0.29) is 17.6 Å². The quantitative estimate of drug-likeness (QED) is 0.756. The Kier molecular flexibility index (Phi) is 6.34. The van der Waals surface area contributed by atoms with Crippen molar-refractivity contribution in [3.8, 4) is 0 Å². The van der Waals surface area contributed by atoms with Crippen LogP contribution in [0.4, 0.5) is 20.5 Å². The van der Waals surface area contributed by atoms with E-state index in [9.17, 15) is 13.6 Å². The Balaban J connectivity index is 1.35. The molecule has 0 aliphatic heterocycles. The van der Waals surface area contributed by atoms with Gasteiger partial charge in [0.1, 0.15) is 17.5 Å². The van der Waals surface area contributed by atoms with Crippen LogP contribution in [0, 0.1) is 11.6 Å². The molecular formula is C23H29F2N5O. The van der Waals surface area contributed by atoms with Gasteiger partial charge in [-0.25, -0.2) is 13.8 Å². The van der Waals surface area contributed by atoms with Gasteiger partial charge in [0.15, 0.2) is 0 Å². The number of benzene rings is 1. The second-order valence-electron chi connectivity index (χ2n) is 8.69. The second-order valence-corrected chi connectivity index (χ2v) is 8.69. The second kappa shape index (κ2) is 9.16. The lowest BCUT2D eigenvalue weighted by molar-refractivity contribution is 0.0922. The number of carbonyl (C=O) groups is 1. The third kappa shape index (κ3) is 4.94. The highest BCUT2D eigenvalue weighted by Gasteiger charge is 2.25. The van der Waals surface area contributed by atoms with Crippen LogP contribution in [0.3, 0.4) is 0 Å². The van der Waals surface area contributed by atoms with E-state index in [4.69, 9.17) is 9.97 Å². The molecule has 0 unspecified atom stereocenters. The predicted molar refractivity (Wildman–Crippen MR) is 116 cm³/mol. The van der Waals surface area contributed by atoms with Gasteiger partial charge in [0.25, 0.3) is 5.91 Å². The van der Waals surface area contributed by atoms with Crippen LogP contribution in [0.1, 0.15) is 60.1 Å². The minimum absolute atomic E-state index is 0.0307. The molecule has 4 rings (SSSR count). The zero-order valence-electron chi connectivity index (χ0n) is 18.0. The van der Waals surface area contributed by atoms with Crippen molar-refractivity contribution in [3.05, 3.63) is 46.7 Å². The van der Waals surface area contributed by atoms with Crippen LogP contribution in [-0.4, -0.2) is 42.1 Å². The van der Waals surface area contributed by atoms with Crippen LogP contribution in [0.5, 0.6) is 0 Å². The Hall–Kier alpha value is -2.77. The lowest BCUT2D eigenvalue weighted by atomic mass is 9.91. The molecule has 0 atom stereocenters. The van der Waals surface area contributed by atoms with E-state index in [1.54, 1.807) is 0 Å². The molecule has 0 saturated heterocycles. The van der Waals surface area contributed by atoms with E-state index in [0.717, 1.165) is 68.6 Å². The number of anilines is 2. The minimum atomic E-state index is -0.839. The number of carbonyl (C=O) groups excluding carboxylic acids is 1. The van der Waals surface area contributed by atoms with Crippen molar-refractivity contribution in [3.63, 3.8) is 0 Å². The van der Waals surface area contributed by atoms with Crippen LogP contribution in [0.25, 0.3) is 0 Å². The van der Waals surface area contributed by atoms with Gasteiger partial charge >= 0.3 is 0 Å². The smallest absolute Gasteiger partial charge is 0.254 e. The summed E-state index contributed by atoms with van der Waals surface area (Å²) in [5.74, 6) is -0.362. The highest BCUT2D eigenvalue weighted by atomic mass is 19.1. The highest BCUT2D eigenvalue weighted by molar-refractivity contribution is 5.94. The number of rotatable bonds is 5. The van der Waals surface area contributed by atoms with Gasteiger partial charge in [0.2, 0.25) is 5.95 Å². The van der Waals surface area contributed by atoms with Crippen LogP contribution in [0.15, 0.2) is 18.2 Å². The summed E-state index contributed by atoms with van der Waals surface area (Å²) in [6.07, 6.45) is 7.63. The first-order valence-corrected chi connectivity index (χ1v) is 11.0. The van der Waals surface area contributed by atoms with Crippen molar-refractivity contribution in [1.82, 2.24) is 15.3 Å². The Bertz CT molecular complexity index is 957. The van der Waals surface area contributed by atoms with Crippen molar-refractivity contribution in [2.24, 2.45) is 0 Å². The van der Waals surface area contributed by atoms with Crippen molar-refractivity contribution < 1.29 is 13.6 Å². The van der Waals surface area contributed by atoms with E-state index < -0.39 is 17.5 Å². The molecule has 2 aliphatic carbocycles. The summed E-state index contributed by atoms with van der Waals surface area (Å²) in [6.45, 7) is 0. The van der Waals surface area contributed by atoms with Gasteiger partial charge in [0.05, 0.1) is 11.3 Å². The number of aryl methyl sites for hydroxylation is 1. The molecular weight excluding hydrogens is 400 g/mol. The van der Waals surface area contributed by atoms with Gasteiger partial charge in [0, 0.05) is 37.8 Å². The number of nitrogens with zero attached hydrogens (tertiary/aromatic N) is 3. The molecule has 0 radical (unpaired) electrons. The standard InChI is InChI=1S/C23H29F2N5O/c1-30(2)21-18-5-3-4-6-20(18)28-23(29-21)27-16-10-8-15(9-11-16)26-22(31)17-12-7-14(24)13-19(17)25/h7,12-13,15-16H,3-6,8-11H2,1-2H3,(H,26,31)(H,27,28,29)/t15-,16+. The number of fused-ring (bicyclic) bond motifs is 1. The summed E-state index contributed by atoms with van der Waals surface area (Å²) in [7, 11) is 4.03. The molecule has 0 bridgehead atoms. The van der Waals surface area contributed by atoms with Crippen molar-refractivity contribution in [1.29, 1.82) is 0 Å². The zero-order chi connectivity index (χ0) is 22.0. The molecule has 1 aromatic carbocycles. The summed E-state index contributed by atoms with van der Waals surface area (Å²) in [5.41, 5.74) is 2.29. The van der Waals surface area contributed by atoms with Crippen LogP contribution >= 0.6 is 0 Å². The number of halogens is 2. The first-order valence-electron chi connectivity index (χ1n) is 11.0. The maximum absolute atomic E-state index is 13.8. The average Bonchev–Trinajstić information content (AvgIpc) is 2.74. The molecule has 31 heavy (non-hydrogen) atoms. The summed E-state index contributed by atoms with van der Waals surface area (Å²) in [6, 6.07) is 3.21. The van der Waals surface area contributed by atoms with E-state index in [1.165, 1.54) is 18.1 Å². The van der Waals surface area contributed by atoms with E-state index in [2.05, 4.69) is 15.5 Å². The molecule has 6 nitrogen and oxygen atoms in total. The lowest BCUT2D eigenvalue weighted by Gasteiger charge is -2.30. The molecule has 2 N–H and O–H groups in total. The fourth-order valence-electron chi connectivity index (χ4n) is 4.51. The largest absolute Gasteiger partial charge is 0.362 e. The fourth-order valence-corrected chi connectivity index (χ4v) is 4.51. The van der Waals surface area contributed by atoms with Gasteiger partial charge in [-0.2, -0.15) is 4.98 Å². The first-order chi connectivity index (χ1) is 14.9. The Morgan fingerprint density at radius 3 is 2.45 bits per heavy atom. The summed E-state index contributed by atoms with van der Waals surface area (Å²) >= 11 is 0. The van der Waals surface area contributed by atoms with Crippen LogP contribution in [0.2, 0.25) is 0 Å². The average molecular weight is 430 g/mol. The predicted octanol–water partition coefficient (Wildman–Crippen LogP) is 3.85. The Morgan fingerprint density at radius 1 is 1.03 bits per heavy atom. The third-order valence-electron chi connectivity index (χ3n) is 6.16. The SMILES string of the molecule is CN(C)c1nc(N[C@H]2CC[C@@H](NC(=O)c3ccc(F)cc3F)CC2)nc2c1CCCC2. The maximum atomic E-state index is 13.8. The highest BCUT2D eigenvalue weighted by Crippen LogP contribution is 2.29. The molecule has 1 fully saturated rings. The van der Waals surface area contributed by atoms with Gasteiger partial charge in [-0.1, -0.05) is 0 Å². The van der Waals surface area contributed by atoms with Gasteiger partial charge in [-0.15, -0.1) is 0 Å². The summed E-state index contributed by atoms with van der Waals surface area (Å²) < 4.78 is 26.9. The number of aromatic nitrogens is 2. The fraction of sp³-hybridized carbons (Fsp3) is 0.522. The Morgan fingerprint density at radius 2 is 1.74 bits per heavy atom. The van der Waals surface area contributed by atoms with Crippen LogP contribution in [-0.2, 0) is 12.8 Å². The minimum Gasteiger partial charge on any atom is -0.362 e. The molecule has 2 aliphatic rings. The molecule has 2 aromatic rings. The van der Waals surface area contributed by atoms with Crippen molar-refractivity contribution in [2.75, 3.05) is 24.3 Å². The number of hydrogen-bond donors (Lipinski definition) is 2. The topological polar surface area (TPSA) is 70.2 Å². The van der Waals surface area contributed by atoms with Gasteiger partial charge < -0.3 is 15.5 Å². The lowest BCUT2D eigenvalue weighted by Crippen LogP contribution is -2.40. The van der Waals surface area contributed by atoms with Crippen molar-refractivity contribution >= 4 is 17.7 Å². The molecule has 166 valence electrons.